The zero-order chi connectivity index (χ0) is 22.9. The van der Waals surface area contributed by atoms with E-state index in [-0.39, 0.29) is 17.8 Å². The van der Waals surface area contributed by atoms with Crippen LogP contribution in [0, 0.1) is 5.41 Å². The van der Waals surface area contributed by atoms with Crippen LogP contribution in [-0.2, 0) is 16.0 Å². The van der Waals surface area contributed by atoms with Crippen molar-refractivity contribution in [3.8, 4) is 0 Å². The zero-order valence-corrected chi connectivity index (χ0v) is 18.2. The van der Waals surface area contributed by atoms with E-state index in [2.05, 4.69) is 0 Å². The monoisotopic (exact) mass is 430 g/mol. The van der Waals surface area contributed by atoms with Gasteiger partial charge in [-0.15, -0.1) is 0 Å². The highest BCUT2D eigenvalue weighted by molar-refractivity contribution is 6.08. The van der Waals surface area contributed by atoms with Gasteiger partial charge in [-0.05, 0) is 55.8 Å². The topological polar surface area (TPSA) is 79.7 Å². The minimum Gasteiger partial charge on any atom is -0.462 e. The molecule has 0 aliphatic carbocycles. The second-order valence-electron chi connectivity index (χ2n) is 6.99. The van der Waals surface area contributed by atoms with Crippen LogP contribution in [0.3, 0.4) is 0 Å². The molecule has 0 unspecified atom stereocenters. The third-order valence-electron chi connectivity index (χ3n) is 4.81. The van der Waals surface area contributed by atoms with E-state index in [0.717, 1.165) is 11.3 Å². The number of carbonyl (C=O) groups excluding carboxylic acids is 2. The Bertz CT molecular complexity index is 1060. The molecule has 0 heterocycles. The SMILES string of the molecule is CCOC(=O)c1ccc(C(=N)N(Cc2ccccc2)c2ccc(C(=O)OCC)cc2)cc1. The smallest absolute Gasteiger partial charge is 0.338 e. The lowest BCUT2D eigenvalue weighted by Crippen LogP contribution is -2.30. The highest BCUT2D eigenvalue weighted by Gasteiger charge is 2.17. The van der Waals surface area contributed by atoms with Crippen LogP contribution >= 0.6 is 0 Å². The zero-order valence-electron chi connectivity index (χ0n) is 18.2. The standard InChI is InChI=1S/C26H26N2O4/c1-3-31-25(29)21-12-10-20(11-13-21)24(27)28(18-19-8-6-5-7-9-19)23-16-14-22(15-17-23)26(30)32-4-2/h5-17,27H,3-4,18H2,1-2H3. The molecule has 6 heteroatoms. The summed E-state index contributed by atoms with van der Waals surface area (Å²) in [4.78, 5) is 25.8. The molecule has 0 radical (unpaired) electrons. The Kier molecular flexibility index (Phi) is 7.75. The van der Waals surface area contributed by atoms with E-state index in [1.807, 2.05) is 35.2 Å². The van der Waals surface area contributed by atoms with Crippen LogP contribution < -0.4 is 4.90 Å². The largest absolute Gasteiger partial charge is 0.462 e. The number of ether oxygens (including phenoxy) is 2. The van der Waals surface area contributed by atoms with Gasteiger partial charge < -0.3 is 14.4 Å². The Morgan fingerprint density at radius 1 is 0.719 bits per heavy atom. The number of carbonyl (C=O) groups is 2. The van der Waals surface area contributed by atoms with Crippen molar-refractivity contribution in [2.75, 3.05) is 18.1 Å². The van der Waals surface area contributed by atoms with E-state index in [4.69, 9.17) is 14.9 Å². The lowest BCUT2D eigenvalue weighted by atomic mass is 10.1. The molecule has 0 aliphatic rings. The van der Waals surface area contributed by atoms with Gasteiger partial charge in [0.1, 0.15) is 5.84 Å². The van der Waals surface area contributed by atoms with Gasteiger partial charge in [-0.25, -0.2) is 9.59 Å². The fourth-order valence-electron chi connectivity index (χ4n) is 3.19. The van der Waals surface area contributed by atoms with E-state index in [9.17, 15) is 9.59 Å². The van der Waals surface area contributed by atoms with Crippen LogP contribution in [0.5, 0.6) is 0 Å². The predicted molar refractivity (Wildman–Crippen MR) is 124 cm³/mol. The number of nitrogens with zero attached hydrogens (tertiary/aromatic N) is 1. The summed E-state index contributed by atoms with van der Waals surface area (Å²) in [5, 5.41) is 8.85. The van der Waals surface area contributed by atoms with Crippen LogP contribution in [-0.4, -0.2) is 31.0 Å². The van der Waals surface area contributed by atoms with Crippen LogP contribution in [0.2, 0.25) is 0 Å². The van der Waals surface area contributed by atoms with Gasteiger partial charge in [-0.3, -0.25) is 5.41 Å². The summed E-state index contributed by atoms with van der Waals surface area (Å²) in [6.07, 6.45) is 0. The molecule has 0 aromatic heterocycles. The summed E-state index contributed by atoms with van der Waals surface area (Å²) in [5.74, 6) is -0.493. The number of nitrogens with one attached hydrogen (secondary N) is 1. The van der Waals surface area contributed by atoms with E-state index >= 15 is 0 Å². The summed E-state index contributed by atoms with van der Waals surface area (Å²) in [7, 11) is 0. The van der Waals surface area contributed by atoms with Crippen LogP contribution in [0.15, 0.2) is 78.9 Å². The van der Waals surface area contributed by atoms with Gasteiger partial charge in [-0.1, -0.05) is 42.5 Å². The maximum Gasteiger partial charge on any atom is 0.338 e. The van der Waals surface area contributed by atoms with Gasteiger partial charge in [0.15, 0.2) is 0 Å². The van der Waals surface area contributed by atoms with Gasteiger partial charge >= 0.3 is 11.9 Å². The molecule has 0 saturated carbocycles. The summed E-state index contributed by atoms with van der Waals surface area (Å²) < 4.78 is 10.1. The minimum absolute atomic E-state index is 0.271. The number of hydrogen-bond acceptors (Lipinski definition) is 5. The Balaban J connectivity index is 1.89. The summed E-state index contributed by atoms with van der Waals surface area (Å²) in [6, 6.07) is 23.6. The molecule has 0 amide bonds. The number of amidine groups is 1. The molecule has 0 bridgehead atoms. The second-order valence-corrected chi connectivity index (χ2v) is 6.99. The molecule has 1 N–H and O–H groups in total. The molecule has 164 valence electrons. The van der Waals surface area contributed by atoms with Gasteiger partial charge in [0, 0.05) is 17.8 Å². The van der Waals surface area contributed by atoms with Crippen molar-refractivity contribution in [2.24, 2.45) is 0 Å². The second kappa shape index (κ2) is 10.9. The average molecular weight is 431 g/mol. The molecule has 0 fully saturated rings. The first-order valence-electron chi connectivity index (χ1n) is 10.5. The number of hydrogen-bond donors (Lipinski definition) is 1. The van der Waals surface area contributed by atoms with Crippen molar-refractivity contribution < 1.29 is 19.1 Å². The Morgan fingerprint density at radius 3 is 1.69 bits per heavy atom. The predicted octanol–water partition coefficient (Wildman–Crippen LogP) is 5.07. The third-order valence-corrected chi connectivity index (χ3v) is 4.81. The molecule has 3 aromatic carbocycles. The van der Waals surface area contributed by atoms with E-state index < -0.39 is 0 Å². The first-order chi connectivity index (χ1) is 15.5. The first-order valence-corrected chi connectivity index (χ1v) is 10.5. The van der Waals surface area contributed by atoms with E-state index in [1.165, 1.54) is 0 Å². The number of anilines is 1. The van der Waals surface area contributed by atoms with Gasteiger partial charge in [-0.2, -0.15) is 0 Å². The Hall–Kier alpha value is -3.93. The fourth-order valence-corrected chi connectivity index (χ4v) is 3.19. The van der Waals surface area contributed by atoms with Gasteiger partial charge in [0.05, 0.1) is 24.3 Å². The number of rotatable bonds is 8. The fraction of sp³-hybridized carbons (Fsp3) is 0.192. The molecular formula is C26H26N2O4. The average Bonchev–Trinajstić information content (AvgIpc) is 2.83. The maximum atomic E-state index is 12.0. The van der Waals surface area contributed by atoms with Gasteiger partial charge in [0.25, 0.3) is 0 Å². The summed E-state index contributed by atoms with van der Waals surface area (Å²) in [5.41, 5.74) is 3.36. The quantitative estimate of drug-likeness (QED) is 0.307. The molecular weight excluding hydrogens is 404 g/mol. The Labute approximate surface area is 187 Å². The molecule has 0 saturated heterocycles. The van der Waals surface area contributed by atoms with Crippen molar-refractivity contribution >= 4 is 23.5 Å². The summed E-state index contributed by atoms with van der Waals surface area (Å²) in [6.45, 7) is 4.62. The number of benzene rings is 3. The normalized spacial score (nSPS) is 10.3. The summed E-state index contributed by atoms with van der Waals surface area (Å²) >= 11 is 0. The van der Waals surface area contributed by atoms with Gasteiger partial charge in [0.2, 0.25) is 0 Å². The minimum atomic E-state index is -0.388. The van der Waals surface area contributed by atoms with E-state index in [1.54, 1.807) is 62.4 Å². The van der Waals surface area contributed by atoms with E-state index in [0.29, 0.717) is 36.4 Å². The molecule has 3 aromatic rings. The Morgan fingerprint density at radius 2 is 1.19 bits per heavy atom. The molecule has 0 atom stereocenters. The molecule has 0 spiro atoms. The molecule has 32 heavy (non-hydrogen) atoms. The first kappa shape index (κ1) is 22.7. The van der Waals surface area contributed by atoms with Crippen molar-refractivity contribution in [1.82, 2.24) is 0 Å². The molecule has 6 nitrogen and oxygen atoms in total. The van der Waals surface area contributed by atoms with Crippen molar-refractivity contribution in [1.29, 1.82) is 5.41 Å². The maximum absolute atomic E-state index is 12.0. The highest BCUT2D eigenvalue weighted by atomic mass is 16.5. The van der Waals surface area contributed by atoms with Crippen LogP contribution in [0.4, 0.5) is 5.69 Å². The van der Waals surface area contributed by atoms with Crippen LogP contribution in [0.25, 0.3) is 0 Å². The number of esters is 2. The van der Waals surface area contributed by atoms with Crippen molar-refractivity contribution in [3.63, 3.8) is 0 Å². The lowest BCUT2D eigenvalue weighted by molar-refractivity contribution is 0.0516. The molecule has 3 rings (SSSR count). The molecule has 0 aliphatic heterocycles. The van der Waals surface area contributed by atoms with Crippen molar-refractivity contribution in [3.05, 3.63) is 101 Å². The lowest BCUT2D eigenvalue weighted by Gasteiger charge is -2.26. The van der Waals surface area contributed by atoms with Crippen LogP contribution in [0.1, 0.15) is 45.7 Å². The third kappa shape index (κ3) is 5.60. The van der Waals surface area contributed by atoms with Crippen molar-refractivity contribution in [2.45, 2.75) is 20.4 Å². The highest BCUT2D eigenvalue weighted by Crippen LogP contribution is 2.22.